The molecule has 0 spiro atoms. The summed E-state index contributed by atoms with van der Waals surface area (Å²) < 4.78 is 27.0. The van der Waals surface area contributed by atoms with Gasteiger partial charge >= 0.3 is 0 Å². The Morgan fingerprint density at radius 3 is 2.71 bits per heavy atom. The molecular formula is C22H23F2N5O2. The van der Waals surface area contributed by atoms with Gasteiger partial charge in [-0.05, 0) is 43.9 Å². The highest BCUT2D eigenvalue weighted by Gasteiger charge is 2.27. The lowest BCUT2D eigenvalue weighted by molar-refractivity contribution is -0.126. The molecule has 2 amide bonds. The van der Waals surface area contributed by atoms with Crippen molar-refractivity contribution in [1.82, 2.24) is 25.8 Å². The fourth-order valence-electron chi connectivity index (χ4n) is 3.99. The van der Waals surface area contributed by atoms with E-state index in [-0.39, 0.29) is 35.8 Å². The molecule has 4 rings (SSSR count). The lowest BCUT2D eigenvalue weighted by Crippen LogP contribution is -2.41. The first-order chi connectivity index (χ1) is 15.0. The number of halogens is 2. The first kappa shape index (κ1) is 20.9. The number of nitrogens with one attached hydrogen (secondary N) is 3. The summed E-state index contributed by atoms with van der Waals surface area (Å²) in [6.45, 7) is 0.344. The number of carbonyl (C=O) groups is 2. The second-order valence-electron chi connectivity index (χ2n) is 7.80. The summed E-state index contributed by atoms with van der Waals surface area (Å²) in [5.74, 6) is -2.45. The van der Waals surface area contributed by atoms with E-state index < -0.39 is 11.6 Å². The zero-order valence-electron chi connectivity index (χ0n) is 16.8. The smallest absolute Gasteiger partial charge is 0.224 e. The predicted octanol–water partition coefficient (Wildman–Crippen LogP) is 2.77. The van der Waals surface area contributed by atoms with Crippen LogP contribution in [0.15, 0.2) is 36.5 Å². The van der Waals surface area contributed by atoms with Crippen molar-refractivity contribution in [1.29, 1.82) is 0 Å². The molecule has 3 N–H and O–H groups in total. The minimum Gasteiger partial charge on any atom is -0.353 e. The molecule has 1 aromatic carbocycles. The Bertz CT molecular complexity index is 1090. The minimum atomic E-state index is -0.987. The average Bonchev–Trinajstić information content (AvgIpc) is 3.19. The molecule has 0 saturated heterocycles. The number of carbonyl (C=O) groups excluding carboxylic acids is 2. The van der Waals surface area contributed by atoms with E-state index in [0.29, 0.717) is 37.9 Å². The zero-order valence-corrected chi connectivity index (χ0v) is 16.8. The van der Waals surface area contributed by atoms with Crippen molar-refractivity contribution in [2.75, 3.05) is 0 Å². The van der Waals surface area contributed by atoms with Gasteiger partial charge < -0.3 is 10.6 Å². The van der Waals surface area contributed by atoms with Crippen LogP contribution in [0.4, 0.5) is 8.78 Å². The fourth-order valence-corrected chi connectivity index (χ4v) is 3.99. The molecule has 0 radical (unpaired) electrons. The lowest BCUT2D eigenvalue weighted by atomic mass is 9.85. The van der Waals surface area contributed by atoms with Gasteiger partial charge in [-0.15, -0.1) is 0 Å². The molecule has 9 heteroatoms. The molecule has 1 fully saturated rings. The van der Waals surface area contributed by atoms with E-state index in [9.17, 15) is 18.4 Å². The summed E-state index contributed by atoms with van der Waals surface area (Å²) in [6, 6.07) is 7.45. The zero-order chi connectivity index (χ0) is 21.8. The van der Waals surface area contributed by atoms with Crippen LogP contribution in [0.1, 0.15) is 36.9 Å². The number of H-pyrrole nitrogens is 1. The highest BCUT2D eigenvalue weighted by atomic mass is 19.2. The van der Waals surface area contributed by atoms with Gasteiger partial charge in [-0.1, -0.05) is 12.1 Å². The Hall–Kier alpha value is -3.36. The number of amides is 2. The van der Waals surface area contributed by atoms with E-state index in [1.165, 1.54) is 12.1 Å². The molecule has 0 unspecified atom stereocenters. The summed E-state index contributed by atoms with van der Waals surface area (Å²) >= 11 is 0. The molecule has 0 aliphatic heterocycles. The number of benzene rings is 1. The summed E-state index contributed by atoms with van der Waals surface area (Å²) in [5, 5.41) is 13.7. The molecule has 2 aromatic heterocycles. The summed E-state index contributed by atoms with van der Waals surface area (Å²) in [4.78, 5) is 28.9. The van der Waals surface area contributed by atoms with Crippen molar-refractivity contribution >= 4 is 22.8 Å². The van der Waals surface area contributed by atoms with Crippen LogP contribution in [0, 0.1) is 17.6 Å². The van der Waals surface area contributed by atoms with Crippen LogP contribution in [-0.2, 0) is 22.6 Å². The second-order valence-corrected chi connectivity index (χ2v) is 7.80. The normalized spacial score (nSPS) is 18.6. The number of nitrogens with zero attached hydrogens (tertiary/aromatic N) is 2. The third-order valence-electron chi connectivity index (χ3n) is 5.69. The van der Waals surface area contributed by atoms with Crippen LogP contribution >= 0.6 is 0 Å². The number of aromatic amines is 1. The molecule has 3 aromatic rings. The summed E-state index contributed by atoms with van der Waals surface area (Å²) in [7, 11) is 0. The van der Waals surface area contributed by atoms with Gasteiger partial charge in [-0.25, -0.2) is 13.8 Å². The van der Waals surface area contributed by atoms with Crippen LogP contribution in [0.5, 0.6) is 0 Å². The molecule has 1 aliphatic carbocycles. The van der Waals surface area contributed by atoms with E-state index in [1.807, 2.05) is 12.1 Å². The van der Waals surface area contributed by atoms with Crippen LogP contribution in [0.2, 0.25) is 0 Å². The van der Waals surface area contributed by atoms with Gasteiger partial charge in [-0.2, -0.15) is 5.10 Å². The van der Waals surface area contributed by atoms with Crippen LogP contribution < -0.4 is 10.6 Å². The second kappa shape index (κ2) is 9.20. The average molecular weight is 427 g/mol. The number of pyridine rings is 1. The van der Waals surface area contributed by atoms with Gasteiger partial charge in [-0.3, -0.25) is 14.7 Å². The highest BCUT2D eigenvalue weighted by Crippen LogP contribution is 2.25. The Kier molecular flexibility index (Phi) is 6.20. The number of rotatable bonds is 6. The maximum absolute atomic E-state index is 13.7. The number of fused-ring (bicyclic) bond motifs is 1. The summed E-state index contributed by atoms with van der Waals surface area (Å²) in [6.07, 6.45) is 4.07. The van der Waals surface area contributed by atoms with E-state index in [4.69, 9.17) is 0 Å². The van der Waals surface area contributed by atoms with E-state index >= 15 is 0 Å². The number of hydrogen-bond donors (Lipinski definition) is 3. The third-order valence-corrected chi connectivity index (χ3v) is 5.69. The highest BCUT2D eigenvalue weighted by molar-refractivity contribution is 5.81. The van der Waals surface area contributed by atoms with Crippen molar-refractivity contribution in [3.8, 4) is 0 Å². The fraction of sp³-hybridized carbons (Fsp3) is 0.364. The lowest BCUT2D eigenvalue weighted by Gasteiger charge is -2.28. The van der Waals surface area contributed by atoms with Crippen LogP contribution in [0.25, 0.3) is 11.0 Å². The van der Waals surface area contributed by atoms with Crippen molar-refractivity contribution in [3.05, 3.63) is 59.4 Å². The molecule has 162 valence electrons. The minimum absolute atomic E-state index is 0.0294. The van der Waals surface area contributed by atoms with Gasteiger partial charge in [0.25, 0.3) is 0 Å². The van der Waals surface area contributed by atoms with E-state index in [0.717, 1.165) is 17.1 Å². The largest absolute Gasteiger partial charge is 0.353 e. The van der Waals surface area contributed by atoms with E-state index in [2.05, 4.69) is 25.8 Å². The van der Waals surface area contributed by atoms with Gasteiger partial charge in [0.2, 0.25) is 11.8 Å². The van der Waals surface area contributed by atoms with Crippen LogP contribution in [0.3, 0.4) is 0 Å². The molecule has 31 heavy (non-hydrogen) atoms. The molecule has 2 heterocycles. The first-order valence-corrected chi connectivity index (χ1v) is 10.3. The Balaban J connectivity index is 1.23. The van der Waals surface area contributed by atoms with Crippen molar-refractivity contribution in [2.45, 2.75) is 44.7 Å². The maximum atomic E-state index is 13.7. The maximum Gasteiger partial charge on any atom is 0.224 e. The molecular weight excluding hydrogens is 404 g/mol. The molecule has 0 bridgehead atoms. The number of hydrogen-bond acceptors (Lipinski definition) is 4. The van der Waals surface area contributed by atoms with Gasteiger partial charge in [0.05, 0.1) is 18.7 Å². The van der Waals surface area contributed by atoms with Crippen LogP contribution in [-0.4, -0.2) is 33.0 Å². The summed E-state index contributed by atoms with van der Waals surface area (Å²) in [5.41, 5.74) is 1.45. The first-order valence-electron chi connectivity index (χ1n) is 10.3. The molecule has 1 saturated carbocycles. The van der Waals surface area contributed by atoms with Gasteiger partial charge in [0, 0.05) is 29.1 Å². The van der Waals surface area contributed by atoms with Crippen molar-refractivity contribution in [2.24, 2.45) is 5.92 Å². The topological polar surface area (TPSA) is 99.8 Å². The van der Waals surface area contributed by atoms with E-state index in [1.54, 1.807) is 6.20 Å². The molecule has 0 atom stereocenters. The van der Waals surface area contributed by atoms with Crippen molar-refractivity contribution < 1.29 is 18.4 Å². The Morgan fingerprint density at radius 1 is 1.10 bits per heavy atom. The number of aromatic nitrogens is 3. The monoisotopic (exact) mass is 427 g/mol. The Labute approximate surface area is 177 Å². The Morgan fingerprint density at radius 2 is 1.90 bits per heavy atom. The third kappa shape index (κ3) is 4.87. The molecule has 1 aliphatic rings. The SMILES string of the molecule is O=C(Cc1cccc(F)c1F)NC1CCC(C(=O)NCc2[nH]nc3ncccc23)CC1. The standard InChI is InChI=1S/C22H23F2N5O2/c23-17-5-1-3-14(20(17)24)11-19(30)27-15-8-6-13(7-9-15)22(31)26-12-18-16-4-2-10-25-21(16)29-28-18/h1-5,10,13,15H,6-9,11-12H2,(H,26,31)(H,27,30)(H,25,28,29). The predicted molar refractivity (Wildman–Crippen MR) is 110 cm³/mol. The molecule has 7 nitrogen and oxygen atoms in total. The van der Waals surface area contributed by atoms with Gasteiger partial charge in [0.1, 0.15) is 0 Å². The van der Waals surface area contributed by atoms with Gasteiger partial charge in [0.15, 0.2) is 17.3 Å². The van der Waals surface area contributed by atoms with Crippen molar-refractivity contribution in [3.63, 3.8) is 0 Å². The quantitative estimate of drug-likeness (QED) is 0.563.